The summed E-state index contributed by atoms with van der Waals surface area (Å²) in [5.41, 5.74) is 6.56. The van der Waals surface area contributed by atoms with E-state index in [0.717, 1.165) is 33.5 Å². The normalized spacial score (nSPS) is 13.3. The number of nitrogens with zero attached hydrogens (tertiary/aromatic N) is 2. The summed E-state index contributed by atoms with van der Waals surface area (Å²) in [5, 5.41) is 15.1. The van der Waals surface area contributed by atoms with Gasteiger partial charge in [0.25, 0.3) is 5.91 Å². The van der Waals surface area contributed by atoms with Crippen LogP contribution in [0.4, 0.5) is 5.69 Å². The van der Waals surface area contributed by atoms with Gasteiger partial charge >= 0.3 is 0 Å². The number of hydrogen-bond acceptors (Lipinski definition) is 5. The summed E-state index contributed by atoms with van der Waals surface area (Å²) >= 11 is 1.51. The van der Waals surface area contributed by atoms with E-state index in [1.807, 2.05) is 34.5 Å². The molecule has 2 aromatic carbocycles. The first kappa shape index (κ1) is 19.7. The zero-order valence-electron chi connectivity index (χ0n) is 17.0. The number of thiophene rings is 1. The van der Waals surface area contributed by atoms with E-state index in [1.165, 1.54) is 22.5 Å². The van der Waals surface area contributed by atoms with Gasteiger partial charge in [0.05, 0.1) is 28.1 Å². The van der Waals surface area contributed by atoms with E-state index in [-0.39, 0.29) is 12.5 Å². The molecule has 0 unspecified atom stereocenters. The van der Waals surface area contributed by atoms with Crippen molar-refractivity contribution < 1.29 is 9.90 Å². The fourth-order valence-electron chi connectivity index (χ4n) is 4.10. The van der Waals surface area contributed by atoms with E-state index in [2.05, 4.69) is 40.6 Å². The summed E-state index contributed by atoms with van der Waals surface area (Å²) in [6.45, 7) is 1.84. The van der Waals surface area contributed by atoms with Crippen molar-refractivity contribution in [3.63, 3.8) is 0 Å². The van der Waals surface area contributed by atoms with Crippen LogP contribution in [0.1, 0.15) is 32.6 Å². The molecule has 4 aromatic rings. The first-order valence-corrected chi connectivity index (χ1v) is 11.3. The van der Waals surface area contributed by atoms with Crippen molar-refractivity contribution in [2.75, 3.05) is 11.9 Å². The van der Waals surface area contributed by atoms with Crippen LogP contribution in [0.25, 0.3) is 10.2 Å². The summed E-state index contributed by atoms with van der Waals surface area (Å²) in [5.74, 6) is -0.0154. The van der Waals surface area contributed by atoms with Crippen LogP contribution >= 0.6 is 11.3 Å². The van der Waals surface area contributed by atoms with Crippen LogP contribution in [0.3, 0.4) is 0 Å². The number of aliphatic hydroxyl groups is 1. The molecule has 2 aromatic heterocycles. The minimum atomic E-state index is -0.0681. The van der Waals surface area contributed by atoms with Gasteiger partial charge in [-0.05, 0) is 28.5 Å². The number of amides is 1. The molecule has 0 saturated heterocycles. The van der Waals surface area contributed by atoms with Crippen LogP contribution in [-0.4, -0.2) is 27.4 Å². The fraction of sp³-hybridized carbons (Fsp3) is 0.200. The first-order chi connectivity index (χ1) is 15.2. The lowest BCUT2D eigenvalue weighted by atomic mass is 9.99. The topological polar surface area (TPSA) is 65.5 Å². The number of hydrogen-bond donors (Lipinski definition) is 2. The van der Waals surface area contributed by atoms with E-state index in [0.29, 0.717) is 25.2 Å². The van der Waals surface area contributed by atoms with Crippen molar-refractivity contribution in [1.29, 1.82) is 0 Å². The third-order valence-corrected chi connectivity index (χ3v) is 6.82. The van der Waals surface area contributed by atoms with Gasteiger partial charge in [0.15, 0.2) is 0 Å². The third-order valence-electron chi connectivity index (χ3n) is 5.79. The Kier molecular flexibility index (Phi) is 5.40. The molecule has 1 aliphatic heterocycles. The lowest BCUT2D eigenvalue weighted by Crippen LogP contribution is -2.36. The SMILES string of the molecule is O=C(c1cnc2c(CO)csc2c1NCc1ccccc1)N1CCc2ccccc2C1. The molecule has 0 radical (unpaired) electrons. The predicted octanol–water partition coefficient (Wildman–Crippen LogP) is 4.60. The largest absolute Gasteiger partial charge is 0.392 e. The Morgan fingerprint density at radius 3 is 2.68 bits per heavy atom. The Morgan fingerprint density at radius 2 is 1.87 bits per heavy atom. The molecule has 5 nitrogen and oxygen atoms in total. The van der Waals surface area contributed by atoms with Gasteiger partial charge in [0.1, 0.15) is 0 Å². The number of carbonyl (C=O) groups is 1. The van der Waals surface area contributed by atoms with Gasteiger partial charge < -0.3 is 15.3 Å². The molecule has 156 valence electrons. The van der Waals surface area contributed by atoms with Crippen molar-refractivity contribution in [3.8, 4) is 0 Å². The number of nitrogens with one attached hydrogen (secondary N) is 1. The summed E-state index contributed by atoms with van der Waals surface area (Å²) < 4.78 is 0.906. The number of aromatic nitrogens is 1. The molecule has 0 aliphatic carbocycles. The van der Waals surface area contributed by atoms with Gasteiger partial charge in [0, 0.05) is 31.4 Å². The van der Waals surface area contributed by atoms with Gasteiger partial charge in [-0.3, -0.25) is 9.78 Å². The quantitative estimate of drug-likeness (QED) is 0.487. The second-order valence-corrected chi connectivity index (χ2v) is 8.61. The van der Waals surface area contributed by atoms with E-state index < -0.39 is 0 Å². The highest BCUT2D eigenvalue weighted by Gasteiger charge is 2.25. The number of carbonyl (C=O) groups excluding carboxylic acids is 1. The fourth-order valence-corrected chi connectivity index (χ4v) is 5.14. The zero-order valence-corrected chi connectivity index (χ0v) is 17.9. The molecule has 31 heavy (non-hydrogen) atoms. The van der Waals surface area contributed by atoms with Crippen LogP contribution in [-0.2, 0) is 26.1 Å². The Labute approximate surface area is 185 Å². The Bertz CT molecular complexity index is 1240. The molecule has 0 fully saturated rings. The molecular formula is C25H23N3O2S. The average molecular weight is 430 g/mol. The van der Waals surface area contributed by atoms with Crippen LogP contribution < -0.4 is 5.32 Å². The van der Waals surface area contributed by atoms with E-state index in [4.69, 9.17) is 0 Å². The maximum Gasteiger partial charge on any atom is 0.257 e. The highest BCUT2D eigenvalue weighted by atomic mass is 32.1. The number of anilines is 1. The van der Waals surface area contributed by atoms with E-state index in [1.54, 1.807) is 6.20 Å². The molecule has 1 aliphatic rings. The Balaban J connectivity index is 1.50. The molecule has 0 saturated carbocycles. The molecular weight excluding hydrogens is 406 g/mol. The van der Waals surface area contributed by atoms with E-state index >= 15 is 0 Å². The highest BCUT2D eigenvalue weighted by molar-refractivity contribution is 7.18. The lowest BCUT2D eigenvalue weighted by Gasteiger charge is -2.29. The second-order valence-electron chi connectivity index (χ2n) is 7.73. The van der Waals surface area contributed by atoms with Crippen LogP contribution in [0.5, 0.6) is 0 Å². The highest BCUT2D eigenvalue weighted by Crippen LogP contribution is 2.35. The average Bonchev–Trinajstić information content (AvgIpc) is 3.26. The number of rotatable bonds is 5. The molecule has 3 heterocycles. The maximum atomic E-state index is 13.6. The lowest BCUT2D eigenvalue weighted by molar-refractivity contribution is 0.0735. The van der Waals surface area contributed by atoms with Gasteiger partial charge in [-0.25, -0.2) is 0 Å². The zero-order chi connectivity index (χ0) is 21.2. The van der Waals surface area contributed by atoms with Crippen LogP contribution in [0.15, 0.2) is 66.2 Å². The monoisotopic (exact) mass is 429 g/mol. The first-order valence-electron chi connectivity index (χ1n) is 10.4. The molecule has 0 spiro atoms. The van der Waals surface area contributed by atoms with Crippen molar-refractivity contribution in [1.82, 2.24) is 9.88 Å². The molecule has 5 rings (SSSR count). The number of aliphatic hydroxyl groups excluding tert-OH is 1. The second kappa shape index (κ2) is 8.49. The van der Waals surface area contributed by atoms with Crippen LogP contribution in [0.2, 0.25) is 0 Å². The minimum Gasteiger partial charge on any atom is -0.392 e. The Morgan fingerprint density at radius 1 is 1.10 bits per heavy atom. The van der Waals surface area contributed by atoms with Crippen molar-refractivity contribution in [2.45, 2.75) is 26.1 Å². The predicted molar refractivity (Wildman–Crippen MR) is 124 cm³/mol. The van der Waals surface area contributed by atoms with Gasteiger partial charge in [-0.2, -0.15) is 0 Å². The molecule has 0 atom stereocenters. The molecule has 2 N–H and O–H groups in total. The summed E-state index contributed by atoms with van der Waals surface area (Å²) in [7, 11) is 0. The van der Waals surface area contributed by atoms with Gasteiger partial charge in [0.2, 0.25) is 0 Å². The van der Waals surface area contributed by atoms with E-state index in [9.17, 15) is 9.90 Å². The molecule has 1 amide bonds. The summed E-state index contributed by atoms with van der Waals surface area (Å²) in [4.78, 5) is 20.0. The molecule has 0 bridgehead atoms. The minimum absolute atomic E-state index is 0.0154. The van der Waals surface area contributed by atoms with Crippen molar-refractivity contribution in [2.24, 2.45) is 0 Å². The van der Waals surface area contributed by atoms with Gasteiger partial charge in [-0.15, -0.1) is 11.3 Å². The third kappa shape index (κ3) is 3.80. The molecule has 6 heteroatoms. The maximum absolute atomic E-state index is 13.6. The van der Waals surface area contributed by atoms with Gasteiger partial charge in [-0.1, -0.05) is 54.6 Å². The smallest absolute Gasteiger partial charge is 0.257 e. The summed E-state index contributed by atoms with van der Waals surface area (Å²) in [6, 6.07) is 18.4. The Hall–Kier alpha value is -3.22. The van der Waals surface area contributed by atoms with Crippen LogP contribution in [0, 0.1) is 0 Å². The number of pyridine rings is 1. The van der Waals surface area contributed by atoms with Crippen molar-refractivity contribution >= 4 is 33.1 Å². The number of fused-ring (bicyclic) bond motifs is 2. The van der Waals surface area contributed by atoms with Crippen molar-refractivity contribution in [3.05, 3.63) is 94.0 Å². The standard InChI is InChI=1S/C25H23N3O2S/c29-15-20-16-31-24-22(20)27-13-21(23(24)26-12-17-6-2-1-3-7-17)25(30)28-11-10-18-8-4-5-9-19(18)14-28/h1-9,13,16,29H,10-12,14-15H2,(H,26,27). The summed E-state index contributed by atoms with van der Waals surface area (Å²) in [6.07, 6.45) is 2.52. The number of benzene rings is 2.